The quantitative estimate of drug-likeness (QED) is 0.743. The molecule has 1 atom stereocenters. The lowest BCUT2D eigenvalue weighted by Gasteiger charge is -2.14. The Morgan fingerprint density at radius 2 is 1.77 bits per heavy atom. The molecule has 0 saturated heterocycles. The third kappa shape index (κ3) is 2.54. The van der Waals surface area contributed by atoms with Gasteiger partial charge < -0.3 is 10.8 Å². The first-order valence-corrected chi connectivity index (χ1v) is 4.62. The van der Waals surface area contributed by atoms with Crippen molar-refractivity contribution in [2.75, 3.05) is 0 Å². The van der Waals surface area contributed by atoms with E-state index in [2.05, 4.69) is 0 Å². The lowest BCUT2D eigenvalue weighted by atomic mass is 9.98. The summed E-state index contributed by atoms with van der Waals surface area (Å²) in [5.41, 5.74) is 7.54. The van der Waals surface area contributed by atoms with Crippen LogP contribution in [-0.2, 0) is 6.54 Å². The Bertz CT molecular complexity index is 253. The molecule has 0 saturated carbocycles. The molecule has 0 aliphatic carbocycles. The van der Waals surface area contributed by atoms with Gasteiger partial charge in [-0.2, -0.15) is 0 Å². The van der Waals surface area contributed by atoms with E-state index in [0.29, 0.717) is 6.54 Å². The van der Waals surface area contributed by atoms with Crippen molar-refractivity contribution in [1.82, 2.24) is 0 Å². The van der Waals surface area contributed by atoms with Gasteiger partial charge in [0.25, 0.3) is 0 Å². The van der Waals surface area contributed by atoms with Gasteiger partial charge in [-0.05, 0) is 17.0 Å². The highest BCUT2D eigenvalue weighted by molar-refractivity contribution is 5.24. The molecule has 0 amide bonds. The van der Waals surface area contributed by atoms with Gasteiger partial charge in [0.05, 0.1) is 6.10 Å². The van der Waals surface area contributed by atoms with Crippen molar-refractivity contribution in [1.29, 1.82) is 0 Å². The maximum Gasteiger partial charge on any atom is 0.0812 e. The largest absolute Gasteiger partial charge is 0.388 e. The summed E-state index contributed by atoms with van der Waals surface area (Å²) in [4.78, 5) is 0. The topological polar surface area (TPSA) is 46.2 Å². The van der Waals surface area contributed by atoms with Crippen LogP contribution in [0.15, 0.2) is 24.3 Å². The van der Waals surface area contributed by atoms with Crippen LogP contribution in [0.4, 0.5) is 0 Å². The monoisotopic (exact) mass is 179 g/mol. The van der Waals surface area contributed by atoms with E-state index >= 15 is 0 Å². The molecule has 0 bridgehead atoms. The highest BCUT2D eigenvalue weighted by atomic mass is 16.3. The molecule has 0 aliphatic heterocycles. The maximum absolute atomic E-state index is 9.73. The summed E-state index contributed by atoms with van der Waals surface area (Å²) < 4.78 is 0. The number of nitrogens with two attached hydrogens (primary N) is 1. The molecule has 0 heterocycles. The van der Waals surface area contributed by atoms with E-state index < -0.39 is 0 Å². The molecule has 3 N–H and O–H groups in total. The first-order chi connectivity index (χ1) is 6.15. The van der Waals surface area contributed by atoms with Crippen molar-refractivity contribution in [3.63, 3.8) is 0 Å². The molecule has 0 spiro atoms. The van der Waals surface area contributed by atoms with Crippen LogP contribution in [0.2, 0.25) is 0 Å². The Kier molecular flexibility index (Phi) is 3.46. The van der Waals surface area contributed by atoms with E-state index in [4.69, 9.17) is 5.73 Å². The smallest absolute Gasteiger partial charge is 0.0812 e. The predicted octanol–water partition coefficient (Wildman–Crippen LogP) is 1.83. The lowest BCUT2D eigenvalue weighted by molar-refractivity contribution is 0.127. The van der Waals surface area contributed by atoms with E-state index in [1.807, 2.05) is 38.1 Å². The Morgan fingerprint density at radius 1 is 1.23 bits per heavy atom. The zero-order valence-corrected chi connectivity index (χ0v) is 8.20. The van der Waals surface area contributed by atoms with Gasteiger partial charge in [0.15, 0.2) is 0 Å². The zero-order chi connectivity index (χ0) is 9.84. The second-order valence-electron chi connectivity index (χ2n) is 3.63. The van der Waals surface area contributed by atoms with E-state index in [9.17, 15) is 5.11 Å². The van der Waals surface area contributed by atoms with Crippen molar-refractivity contribution in [2.24, 2.45) is 11.7 Å². The van der Waals surface area contributed by atoms with Crippen LogP contribution in [0.25, 0.3) is 0 Å². The SMILES string of the molecule is CC(C)C(O)c1ccc(CN)cc1. The van der Waals surface area contributed by atoms with Gasteiger partial charge in [-0.3, -0.25) is 0 Å². The van der Waals surface area contributed by atoms with Crippen LogP contribution >= 0.6 is 0 Å². The number of rotatable bonds is 3. The minimum atomic E-state index is -0.369. The van der Waals surface area contributed by atoms with E-state index in [-0.39, 0.29) is 12.0 Å². The van der Waals surface area contributed by atoms with E-state index in [1.54, 1.807) is 0 Å². The summed E-state index contributed by atoms with van der Waals surface area (Å²) in [7, 11) is 0. The van der Waals surface area contributed by atoms with Gasteiger partial charge in [0, 0.05) is 6.54 Å². The molecular formula is C11H17NO. The van der Waals surface area contributed by atoms with E-state index in [1.165, 1.54) is 0 Å². The Balaban J connectivity index is 2.79. The van der Waals surface area contributed by atoms with Crippen molar-refractivity contribution < 1.29 is 5.11 Å². The summed E-state index contributed by atoms with van der Waals surface area (Å²) in [5, 5.41) is 9.73. The van der Waals surface area contributed by atoms with Gasteiger partial charge in [-0.1, -0.05) is 38.1 Å². The number of aliphatic hydroxyl groups excluding tert-OH is 1. The molecule has 1 aromatic rings. The highest BCUT2D eigenvalue weighted by Gasteiger charge is 2.10. The third-order valence-electron chi connectivity index (χ3n) is 2.19. The first-order valence-electron chi connectivity index (χ1n) is 4.62. The maximum atomic E-state index is 9.73. The fourth-order valence-electron chi connectivity index (χ4n) is 1.24. The number of hydrogen-bond donors (Lipinski definition) is 2. The number of aliphatic hydroxyl groups is 1. The normalized spacial score (nSPS) is 13.3. The molecule has 1 aromatic carbocycles. The van der Waals surface area contributed by atoms with Crippen LogP contribution in [0, 0.1) is 5.92 Å². The Hall–Kier alpha value is -0.860. The van der Waals surface area contributed by atoms with Crippen LogP contribution in [0.1, 0.15) is 31.1 Å². The zero-order valence-electron chi connectivity index (χ0n) is 8.20. The fraction of sp³-hybridized carbons (Fsp3) is 0.455. The molecule has 1 rings (SSSR count). The van der Waals surface area contributed by atoms with Crippen LogP contribution in [0.5, 0.6) is 0 Å². The standard InChI is InChI=1S/C11H17NO/c1-8(2)11(13)10-5-3-9(7-12)4-6-10/h3-6,8,11,13H,7,12H2,1-2H3. The van der Waals surface area contributed by atoms with Crippen molar-refractivity contribution in [2.45, 2.75) is 26.5 Å². The molecule has 0 radical (unpaired) electrons. The van der Waals surface area contributed by atoms with Crippen molar-refractivity contribution in [3.05, 3.63) is 35.4 Å². The lowest BCUT2D eigenvalue weighted by Crippen LogP contribution is -2.05. The molecule has 0 fully saturated rings. The fourth-order valence-corrected chi connectivity index (χ4v) is 1.24. The van der Waals surface area contributed by atoms with Crippen molar-refractivity contribution in [3.8, 4) is 0 Å². The molecular weight excluding hydrogens is 162 g/mol. The van der Waals surface area contributed by atoms with Gasteiger partial charge in [0.1, 0.15) is 0 Å². The van der Waals surface area contributed by atoms with Gasteiger partial charge in [0.2, 0.25) is 0 Å². The van der Waals surface area contributed by atoms with Crippen molar-refractivity contribution >= 4 is 0 Å². The van der Waals surface area contributed by atoms with Gasteiger partial charge in [-0.25, -0.2) is 0 Å². The second-order valence-corrected chi connectivity index (χ2v) is 3.63. The summed E-state index contributed by atoms with van der Waals surface area (Å²) in [6.07, 6.45) is -0.369. The molecule has 0 aromatic heterocycles. The number of benzene rings is 1. The van der Waals surface area contributed by atoms with Gasteiger partial charge >= 0.3 is 0 Å². The minimum Gasteiger partial charge on any atom is -0.388 e. The Morgan fingerprint density at radius 3 is 2.15 bits per heavy atom. The predicted molar refractivity (Wildman–Crippen MR) is 54.1 cm³/mol. The summed E-state index contributed by atoms with van der Waals surface area (Å²) in [6, 6.07) is 7.79. The van der Waals surface area contributed by atoms with Crippen LogP contribution in [0.3, 0.4) is 0 Å². The summed E-state index contributed by atoms with van der Waals surface area (Å²) >= 11 is 0. The summed E-state index contributed by atoms with van der Waals surface area (Å²) in [5.74, 6) is 0.253. The number of hydrogen-bond acceptors (Lipinski definition) is 2. The Labute approximate surface area is 79.4 Å². The molecule has 13 heavy (non-hydrogen) atoms. The molecule has 0 aliphatic rings. The highest BCUT2D eigenvalue weighted by Crippen LogP contribution is 2.21. The third-order valence-corrected chi connectivity index (χ3v) is 2.19. The first kappa shape index (κ1) is 10.2. The molecule has 2 heteroatoms. The molecule has 2 nitrogen and oxygen atoms in total. The molecule has 72 valence electrons. The average molecular weight is 179 g/mol. The van der Waals surface area contributed by atoms with Crippen LogP contribution < -0.4 is 5.73 Å². The second kappa shape index (κ2) is 4.40. The van der Waals surface area contributed by atoms with Crippen LogP contribution in [-0.4, -0.2) is 5.11 Å². The van der Waals surface area contributed by atoms with E-state index in [0.717, 1.165) is 11.1 Å². The minimum absolute atomic E-state index is 0.253. The van der Waals surface area contributed by atoms with Gasteiger partial charge in [-0.15, -0.1) is 0 Å². The average Bonchev–Trinajstić information content (AvgIpc) is 2.17. The molecule has 1 unspecified atom stereocenters. The summed E-state index contributed by atoms with van der Waals surface area (Å²) in [6.45, 7) is 4.56.